The Labute approximate surface area is 122 Å². The third-order valence-corrected chi connectivity index (χ3v) is 3.67. The summed E-state index contributed by atoms with van der Waals surface area (Å²) in [6.07, 6.45) is 4.00. The molecule has 1 N–H and O–H groups in total. The van der Waals surface area contributed by atoms with Crippen LogP contribution in [0.4, 0.5) is 0 Å². The molecule has 0 aromatic heterocycles. The van der Waals surface area contributed by atoms with E-state index in [0.29, 0.717) is 5.92 Å². The molecule has 0 spiro atoms. The van der Waals surface area contributed by atoms with Crippen LogP contribution in [0.3, 0.4) is 0 Å². The molecule has 1 rings (SSSR count). The van der Waals surface area contributed by atoms with Gasteiger partial charge < -0.3 is 10.1 Å². The van der Waals surface area contributed by atoms with E-state index in [4.69, 9.17) is 4.74 Å². The Balaban J connectivity index is 2.38. The van der Waals surface area contributed by atoms with Gasteiger partial charge in [-0.15, -0.1) is 0 Å². The molecule has 0 saturated heterocycles. The first-order valence-corrected chi connectivity index (χ1v) is 7.55. The van der Waals surface area contributed by atoms with Crippen LogP contribution in [0.15, 0.2) is 30.3 Å². The van der Waals surface area contributed by atoms with Gasteiger partial charge >= 0.3 is 5.97 Å². The predicted molar refractivity (Wildman–Crippen MR) is 82.8 cm³/mol. The van der Waals surface area contributed by atoms with Gasteiger partial charge in [0.1, 0.15) is 6.04 Å². The van der Waals surface area contributed by atoms with E-state index >= 15 is 0 Å². The molecule has 0 heterocycles. The molecule has 20 heavy (non-hydrogen) atoms. The van der Waals surface area contributed by atoms with E-state index in [-0.39, 0.29) is 12.0 Å². The Morgan fingerprint density at radius 3 is 2.55 bits per heavy atom. The zero-order chi connectivity index (χ0) is 14.8. The van der Waals surface area contributed by atoms with Crippen LogP contribution in [-0.4, -0.2) is 25.7 Å². The van der Waals surface area contributed by atoms with E-state index < -0.39 is 0 Å². The molecule has 2 unspecified atom stereocenters. The van der Waals surface area contributed by atoms with Crippen molar-refractivity contribution in [3.63, 3.8) is 0 Å². The maximum atomic E-state index is 11.7. The van der Waals surface area contributed by atoms with E-state index in [1.807, 2.05) is 6.07 Å². The average Bonchev–Trinajstić information content (AvgIpc) is 2.50. The molecule has 2 atom stereocenters. The second kappa shape index (κ2) is 9.54. The van der Waals surface area contributed by atoms with Gasteiger partial charge in [-0.25, -0.2) is 0 Å². The lowest BCUT2D eigenvalue weighted by Gasteiger charge is -2.18. The van der Waals surface area contributed by atoms with Gasteiger partial charge in [-0.1, -0.05) is 57.0 Å². The summed E-state index contributed by atoms with van der Waals surface area (Å²) in [6, 6.07) is 10.3. The van der Waals surface area contributed by atoms with Crippen molar-refractivity contribution in [1.82, 2.24) is 5.32 Å². The Morgan fingerprint density at radius 2 is 1.95 bits per heavy atom. The summed E-state index contributed by atoms with van der Waals surface area (Å²) in [7, 11) is 1.45. The maximum absolute atomic E-state index is 11.7. The van der Waals surface area contributed by atoms with Gasteiger partial charge in [0.05, 0.1) is 7.11 Å². The number of nitrogens with one attached hydrogen (secondary N) is 1. The number of hydrogen-bond acceptors (Lipinski definition) is 3. The minimum atomic E-state index is -0.164. The summed E-state index contributed by atoms with van der Waals surface area (Å²) < 4.78 is 4.85. The molecule has 3 nitrogen and oxygen atoms in total. The van der Waals surface area contributed by atoms with E-state index in [1.165, 1.54) is 12.7 Å². The Morgan fingerprint density at radius 1 is 1.25 bits per heavy atom. The number of benzene rings is 1. The molecule has 1 aromatic rings. The number of ether oxygens (including phenoxy) is 1. The summed E-state index contributed by atoms with van der Waals surface area (Å²) >= 11 is 0. The lowest BCUT2D eigenvalue weighted by atomic mass is 9.98. The minimum Gasteiger partial charge on any atom is -0.468 e. The highest BCUT2D eigenvalue weighted by Crippen LogP contribution is 2.17. The van der Waals surface area contributed by atoms with Crippen LogP contribution in [0.25, 0.3) is 0 Å². The molecular weight excluding hydrogens is 250 g/mol. The molecule has 0 amide bonds. The molecule has 112 valence electrons. The average molecular weight is 277 g/mol. The molecular formula is C17H27NO2. The van der Waals surface area contributed by atoms with Crippen LogP contribution in [0.2, 0.25) is 0 Å². The van der Waals surface area contributed by atoms with Crippen LogP contribution in [-0.2, 0) is 9.53 Å². The van der Waals surface area contributed by atoms with Gasteiger partial charge in [0, 0.05) is 0 Å². The van der Waals surface area contributed by atoms with Crippen LogP contribution < -0.4 is 5.32 Å². The van der Waals surface area contributed by atoms with Crippen molar-refractivity contribution in [2.45, 2.75) is 51.5 Å². The lowest BCUT2D eigenvalue weighted by Crippen LogP contribution is -2.38. The number of hydrogen-bond donors (Lipinski definition) is 1. The molecule has 0 aliphatic rings. The van der Waals surface area contributed by atoms with Crippen LogP contribution in [0, 0.1) is 0 Å². The van der Waals surface area contributed by atoms with E-state index in [2.05, 4.69) is 43.4 Å². The number of rotatable bonds is 9. The molecule has 0 radical (unpaired) electrons. The van der Waals surface area contributed by atoms with Gasteiger partial charge in [0.15, 0.2) is 0 Å². The summed E-state index contributed by atoms with van der Waals surface area (Å²) in [4.78, 5) is 11.7. The normalized spacial score (nSPS) is 13.8. The van der Waals surface area contributed by atoms with Crippen LogP contribution in [0.1, 0.15) is 51.0 Å². The van der Waals surface area contributed by atoms with Crippen molar-refractivity contribution in [2.24, 2.45) is 0 Å². The first-order valence-electron chi connectivity index (χ1n) is 7.55. The van der Waals surface area contributed by atoms with Crippen molar-refractivity contribution < 1.29 is 9.53 Å². The third-order valence-electron chi connectivity index (χ3n) is 3.67. The van der Waals surface area contributed by atoms with Crippen molar-refractivity contribution in [3.8, 4) is 0 Å². The summed E-state index contributed by atoms with van der Waals surface area (Å²) in [5.41, 5.74) is 1.34. The summed E-state index contributed by atoms with van der Waals surface area (Å²) in [5, 5.41) is 3.33. The fourth-order valence-electron chi connectivity index (χ4n) is 2.28. The third kappa shape index (κ3) is 5.74. The van der Waals surface area contributed by atoms with Crippen LogP contribution >= 0.6 is 0 Å². The zero-order valence-corrected chi connectivity index (χ0v) is 12.9. The Hall–Kier alpha value is -1.35. The molecule has 0 aliphatic heterocycles. The Bertz CT molecular complexity index is 378. The van der Waals surface area contributed by atoms with Gasteiger partial charge in [-0.05, 0) is 30.9 Å². The molecule has 0 saturated carbocycles. The highest BCUT2D eigenvalue weighted by atomic mass is 16.5. The maximum Gasteiger partial charge on any atom is 0.322 e. The second-order valence-corrected chi connectivity index (χ2v) is 5.27. The number of carbonyl (C=O) groups is 1. The fraction of sp³-hybridized carbons (Fsp3) is 0.588. The lowest BCUT2D eigenvalue weighted by molar-refractivity contribution is -0.143. The van der Waals surface area contributed by atoms with E-state index in [1.54, 1.807) is 0 Å². The molecule has 0 fully saturated rings. The number of esters is 1. The minimum absolute atomic E-state index is 0.147. The van der Waals surface area contributed by atoms with Gasteiger partial charge in [-0.2, -0.15) is 0 Å². The molecule has 3 heteroatoms. The highest BCUT2D eigenvalue weighted by Gasteiger charge is 2.17. The summed E-state index contributed by atoms with van der Waals surface area (Å²) in [5.74, 6) is 0.346. The second-order valence-electron chi connectivity index (χ2n) is 5.27. The smallest absolute Gasteiger partial charge is 0.322 e. The first-order chi connectivity index (χ1) is 9.69. The number of unbranched alkanes of at least 4 members (excludes halogenated alkanes) is 1. The fourth-order valence-corrected chi connectivity index (χ4v) is 2.28. The quantitative estimate of drug-likeness (QED) is 0.702. The molecule has 1 aromatic carbocycles. The highest BCUT2D eigenvalue weighted by molar-refractivity contribution is 5.75. The van der Waals surface area contributed by atoms with Gasteiger partial charge in [-0.3, -0.25) is 4.79 Å². The standard InChI is InChI=1S/C17H27NO2/c1-4-5-11-16(17(19)20-3)18-13-12-14(2)15-9-7-6-8-10-15/h6-10,14,16,18H,4-5,11-13H2,1-3H3. The topological polar surface area (TPSA) is 38.3 Å². The van der Waals surface area contributed by atoms with Gasteiger partial charge in [0.25, 0.3) is 0 Å². The van der Waals surface area contributed by atoms with Crippen LogP contribution in [0.5, 0.6) is 0 Å². The first kappa shape index (κ1) is 16.7. The predicted octanol–water partition coefficient (Wildman–Crippen LogP) is 3.50. The molecule has 0 aliphatic carbocycles. The summed E-state index contributed by atoms with van der Waals surface area (Å²) in [6.45, 7) is 5.18. The van der Waals surface area contributed by atoms with E-state index in [0.717, 1.165) is 32.2 Å². The van der Waals surface area contributed by atoms with Crippen molar-refractivity contribution in [3.05, 3.63) is 35.9 Å². The number of methoxy groups -OCH3 is 1. The number of carbonyl (C=O) groups excluding carboxylic acids is 1. The largest absolute Gasteiger partial charge is 0.468 e. The van der Waals surface area contributed by atoms with Crippen molar-refractivity contribution in [2.75, 3.05) is 13.7 Å². The Kier molecular flexibility index (Phi) is 7.97. The zero-order valence-electron chi connectivity index (χ0n) is 12.9. The molecule has 0 bridgehead atoms. The SMILES string of the molecule is CCCCC(NCCC(C)c1ccccc1)C(=O)OC. The van der Waals surface area contributed by atoms with Crippen molar-refractivity contribution >= 4 is 5.97 Å². The monoisotopic (exact) mass is 277 g/mol. The van der Waals surface area contributed by atoms with Gasteiger partial charge in [0.2, 0.25) is 0 Å². The van der Waals surface area contributed by atoms with Crippen molar-refractivity contribution in [1.29, 1.82) is 0 Å². The van der Waals surface area contributed by atoms with E-state index in [9.17, 15) is 4.79 Å².